The van der Waals surface area contributed by atoms with Crippen LogP contribution in [0.1, 0.15) is 11.6 Å². The molecule has 0 spiro atoms. The molecule has 0 amide bonds. The van der Waals surface area contributed by atoms with Crippen LogP contribution in [-0.4, -0.2) is 43.5 Å². The number of furan rings is 1. The number of aromatic amines is 1. The van der Waals surface area contributed by atoms with E-state index >= 15 is 0 Å². The van der Waals surface area contributed by atoms with Crippen LogP contribution in [0.3, 0.4) is 0 Å². The van der Waals surface area contributed by atoms with Crippen molar-refractivity contribution in [2.45, 2.75) is 11.7 Å². The first-order chi connectivity index (χ1) is 17.0. The van der Waals surface area contributed by atoms with Crippen LogP contribution in [0.5, 0.6) is 0 Å². The minimum absolute atomic E-state index is 0.0512. The van der Waals surface area contributed by atoms with Crippen molar-refractivity contribution in [1.29, 1.82) is 0 Å². The molecule has 10 heteroatoms. The Morgan fingerprint density at radius 3 is 2.60 bits per heavy atom. The van der Waals surface area contributed by atoms with Crippen LogP contribution < -0.4 is 5.56 Å². The Morgan fingerprint density at radius 2 is 1.86 bits per heavy atom. The van der Waals surface area contributed by atoms with E-state index < -0.39 is 5.97 Å². The van der Waals surface area contributed by atoms with Gasteiger partial charge in [-0.05, 0) is 36.4 Å². The van der Waals surface area contributed by atoms with Crippen molar-refractivity contribution < 1.29 is 19.1 Å². The van der Waals surface area contributed by atoms with Gasteiger partial charge in [0.15, 0.2) is 5.16 Å². The second-order valence-corrected chi connectivity index (χ2v) is 8.53. The third kappa shape index (κ3) is 4.43. The number of thioether (sulfide) groups is 1. The third-order valence-corrected chi connectivity index (χ3v) is 6.35. The first kappa shape index (κ1) is 22.5. The second-order valence-electron chi connectivity index (χ2n) is 7.59. The maximum absolute atomic E-state index is 13.2. The summed E-state index contributed by atoms with van der Waals surface area (Å²) < 4.78 is 11.8. The van der Waals surface area contributed by atoms with Crippen molar-refractivity contribution in [3.8, 4) is 0 Å². The molecule has 3 aromatic heterocycles. The van der Waals surface area contributed by atoms with E-state index in [4.69, 9.17) is 9.15 Å². The maximum Gasteiger partial charge on any atom is 0.345 e. The molecule has 2 N–H and O–H groups in total. The van der Waals surface area contributed by atoms with E-state index in [1.54, 1.807) is 42.5 Å². The van der Waals surface area contributed by atoms with Gasteiger partial charge >= 0.3 is 5.97 Å². The zero-order valence-corrected chi connectivity index (χ0v) is 19.4. The SMILES string of the molecule is COC(=O)/C(=C(\O)CSc1nc2ccccc2c(=O)n1Cc1ccco1)c1nc2ccccc2[nH]1. The number of hydrogen-bond acceptors (Lipinski definition) is 8. The lowest BCUT2D eigenvalue weighted by Gasteiger charge is -2.13. The van der Waals surface area contributed by atoms with Crippen LogP contribution in [0.15, 0.2) is 87.1 Å². The van der Waals surface area contributed by atoms with E-state index in [-0.39, 0.29) is 35.0 Å². The number of ether oxygens (including phenoxy) is 1. The Bertz CT molecular complexity index is 1590. The van der Waals surface area contributed by atoms with Gasteiger partial charge in [0.25, 0.3) is 5.56 Å². The number of aliphatic hydroxyl groups is 1. The summed E-state index contributed by atoms with van der Waals surface area (Å²) in [6.45, 7) is 0.171. The molecule has 0 fully saturated rings. The summed E-state index contributed by atoms with van der Waals surface area (Å²) in [7, 11) is 1.23. The molecule has 0 aliphatic heterocycles. The number of H-pyrrole nitrogens is 1. The van der Waals surface area contributed by atoms with Crippen LogP contribution in [0.4, 0.5) is 0 Å². The van der Waals surface area contributed by atoms with Crippen molar-refractivity contribution in [3.63, 3.8) is 0 Å². The number of nitrogens with zero attached hydrogens (tertiary/aromatic N) is 3. The zero-order chi connectivity index (χ0) is 24.4. The Balaban J connectivity index is 1.54. The molecule has 2 aromatic carbocycles. The first-order valence-electron chi connectivity index (χ1n) is 10.7. The number of carbonyl (C=O) groups excluding carboxylic acids is 1. The molecule has 0 unspecified atom stereocenters. The van der Waals surface area contributed by atoms with Crippen molar-refractivity contribution in [2.24, 2.45) is 0 Å². The number of esters is 1. The molecule has 176 valence electrons. The van der Waals surface area contributed by atoms with Crippen LogP contribution in [0.2, 0.25) is 0 Å². The first-order valence-corrected chi connectivity index (χ1v) is 11.6. The van der Waals surface area contributed by atoms with Gasteiger partial charge in [-0.25, -0.2) is 14.8 Å². The van der Waals surface area contributed by atoms with Crippen molar-refractivity contribution in [3.05, 3.63) is 94.6 Å². The van der Waals surface area contributed by atoms with Gasteiger partial charge in [0, 0.05) is 0 Å². The number of nitrogens with one attached hydrogen (secondary N) is 1. The normalized spacial score (nSPS) is 12.1. The van der Waals surface area contributed by atoms with Gasteiger partial charge < -0.3 is 19.2 Å². The number of hydrogen-bond donors (Lipinski definition) is 2. The molecule has 0 aliphatic rings. The fourth-order valence-electron chi connectivity index (χ4n) is 3.69. The minimum atomic E-state index is -0.735. The van der Waals surface area contributed by atoms with E-state index in [2.05, 4.69) is 15.0 Å². The summed E-state index contributed by atoms with van der Waals surface area (Å²) in [4.78, 5) is 37.9. The topological polar surface area (TPSA) is 123 Å². The predicted octanol–water partition coefficient (Wildman–Crippen LogP) is 4.15. The predicted molar refractivity (Wildman–Crippen MR) is 132 cm³/mol. The Kier molecular flexibility index (Phi) is 6.11. The molecule has 0 atom stereocenters. The molecule has 3 heterocycles. The number of para-hydroxylation sites is 3. The van der Waals surface area contributed by atoms with Gasteiger partial charge in [0.05, 0.1) is 47.6 Å². The maximum atomic E-state index is 13.2. The standard InChI is InChI=1S/C25H20N4O5S/c1-33-24(32)21(22-26-18-10-4-5-11-19(18)27-22)20(30)14-35-25-28-17-9-3-2-8-16(17)23(31)29(25)13-15-7-6-12-34-15/h2-12,30H,13-14H2,1H3,(H,26,27)/b21-20-. The van der Waals surface area contributed by atoms with E-state index in [0.717, 1.165) is 11.8 Å². The molecular formula is C25H20N4O5S. The van der Waals surface area contributed by atoms with Gasteiger partial charge in [0.1, 0.15) is 22.9 Å². The molecule has 9 nitrogen and oxygen atoms in total. The monoisotopic (exact) mass is 488 g/mol. The fourth-order valence-corrected chi connectivity index (χ4v) is 4.56. The third-order valence-electron chi connectivity index (χ3n) is 5.36. The molecule has 0 saturated heterocycles. The number of aromatic nitrogens is 4. The van der Waals surface area contributed by atoms with E-state index in [9.17, 15) is 14.7 Å². The van der Waals surface area contributed by atoms with Gasteiger partial charge in [-0.15, -0.1) is 0 Å². The van der Waals surface area contributed by atoms with Gasteiger partial charge in [-0.1, -0.05) is 36.0 Å². The molecule has 0 aliphatic carbocycles. The lowest BCUT2D eigenvalue weighted by atomic mass is 10.2. The van der Waals surface area contributed by atoms with Crippen molar-refractivity contribution >= 4 is 45.2 Å². The van der Waals surface area contributed by atoms with Crippen LogP contribution in [0.25, 0.3) is 27.5 Å². The molecule has 0 saturated carbocycles. The van der Waals surface area contributed by atoms with Gasteiger partial charge in [-0.2, -0.15) is 0 Å². The highest BCUT2D eigenvalue weighted by atomic mass is 32.2. The van der Waals surface area contributed by atoms with Gasteiger partial charge in [-0.3, -0.25) is 9.36 Å². The van der Waals surface area contributed by atoms with E-state index in [1.807, 2.05) is 18.2 Å². The Labute approximate surface area is 203 Å². The fraction of sp³-hybridized carbons (Fsp3) is 0.120. The summed E-state index contributed by atoms with van der Waals surface area (Å²) in [5.74, 6) is -0.266. The molecule has 5 rings (SSSR count). The molecule has 5 aromatic rings. The van der Waals surface area contributed by atoms with Crippen molar-refractivity contribution in [1.82, 2.24) is 19.5 Å². The Morgan fingerprint density at radius 1 is 1.09 bits per heavy atom. The van der Waals surface area contributed by atoms with E-state index in [1.165, 1.54) is 17.9 Å². The molecule has 0 radical (unpaired) electrons. The highest BCUT2D eigenvalue weighted by molar-refractivity contribution is 7.99. The summed E-state index contributed by atoms with van der Waals surface area (Å²) in [5, 5.41) is 11.8. The molecular weight excluding hydrogens is 468 g/mol. The molecule has 35 heavy (non-hydrogen) atoms. The number of rotatable bonds is 7. The molecule has 0 bridgehead atoms. The van der Waals surface area contributed by atoms with Crippen LogP contribution >= 0.6 is 11.8 Å². The number of fused-ring (bicyclic) bond motifs is 2. The van der Waals surface area contributed by atoms with Crippen molar-refractivity contribution in [2.75, 3.05) is 12.9 Å². The number of methoxy groups -OCH3 is 1. The number of carbonyl (C=O) groups is 1. The minimum Gasteiger partial charge on any atom is -0.510 e. The highest BCUT2D eigenvalue weighted by Crippen LogP contribution is 2.26. The summed E-state index contributed by atoms with van der Waals surface area (Å²) in [6.07, 6.45) is 1.53. The summed E-state index contributed by atoms with van der Waals surface area (Å²) >= 11 is 1.12. The average Bonchev–Trinajstić information content (AvgIpc) is 3.54. The zero-order valence-electron chi connectivity index (χ0n) is 18.6. The smallest absolute Gasteiger partial charge is 0.345 e. The van der Waals surface area contributed by atoms with Crippen LogP contribution in [0, 0.1) is 0 Å². The lowest BCUT2D eigenvalue weighted by molar-refractivity contribution is -0.133. The van der Waals surface area contributed by atoms with Gasteiger partial charge in [0.2, 0.25) is 0 Å². The van der Waals surface area contributed by atoms with E-state index in [0.29, 0.717) is 32.9 Å². The van der Waals surface area contributed by atoms with Crippen LogP contribution in [-0.2, 0) is 16.1 Å². The summed E-state index contributed by atoms with van der Waals surface area (Å²) in [6, 6.07) is 17.8. The lowest BCUT2D eigenvalue weighted by Crippen LogP contribution is -2.24. The number of imidazole rings is 1. The summed E-state index contributed by atoms with van der Waals surface area (Å²) in [5.41, 5.74) is 1.57. The second kappa shape index (κ2) is 9.51. The quantitative estimate of drug-likeness (QED) is 0.115. The Hall–Kier alpha value is -4.31. The number of benzene rings is 2. The highest BCUT2D eigenvalue weighted by Gasteiger charge is 2.23. The average molecular weight is 489 g/mol. The largest absolute Gasteiger partial charge is 0.510 e. The number of aliphatic hydroxyl groups excluding tert-OH is 1.